The third-order valence-corrected chi connectivity index (χ3v) is 7.02. The smallest absolute Gasteiger partial charge is 0.233 e. The van der Waals surface area contributed by atoms with Gasteiger partial charge in [0, 0.05) is 39.9 Å². The van der Waals surface area contributed by atoms with Gasteiger partial charge in [0.15, 0.2) is 0 Å². The zero-order valence-electron chi connectivity index (χ0n) is 21.3. The second kappa shape index (κ2) is 11.7. The number of nitrogens with zero attached hydrogens (tertiary/aromatic N) is 3. The topological polar surface area (TPSA) is 119 Å². The summed E-state index contributed by atoms with van der Waals surface area (Å²) in [7, 11) is 1.78. The summed E-state index contributed by atoms with van der Waals surface area (Å²) in [6, 6.07) is 5.96. The van der Waals surface area contributed by atoms with E-state index in [0.29, 0.717) is 43.3 Å². The molecule has 3 N–H and O–H groups in total. The van der Waals surface area contributed by atoms with Crippen LogP contribution in [0.4, 0.5) is 0 Å². The van der Waals surface area contributed by atoms with Gasteiger partial charge in [0.25, 0.3) is 0 Å². The summed E-state index contributed by atoms with van der Waals surface area (Å²) >= 11 is 0. The summed E-state index contributed by atoms with van der Waals surface area (Å²) in [4.78, 5) is 44.9. The molecule has 1 saturated carbocycles. The third-order valence-electron chi connectivity index (χ3n) is 7.02. The number of fused-ring (bicyclic) bond motifs is 1. The molecule has 1 fully saturated rings. The summed E-state index contributed by atoms with van der Waals surface area (Å²) in [6.45, 7) is 6.95. The lowest BCUT2D eigenvalue weighted by atomic mass is 9.86. The highest BCUT2D eigenvalue weighted by Gasteiger charge is 2.29. The van der Waals surface area contributed by atoms with Crippen LogP contribution in [0, 0.1) is 17.3 Å². The Morgan fingerprint density at radius 3 is 2.69 bits per heavy atom. The van der Waals surface area contributed by atoms with E-state index < -0.39 is 0 Å². The van der Waals surface area contributed by atoms with Crippen molar-refractivity contribution in [2.24, 2.45) is 17.3 Å². The van der Waals surface area contributed by atoms with Crippen LogP contribution in [-0.2, 0) is 27.3 Å². The van der Waals surface area contributed by atoms with E-state index in [1.807, 2.05) is 18.2 Å². The molecule has 192 valence electrons. The highest BCUT2D eigenvalue weighted by atomic mass is 16.5. The Hall–Kier alpha value is -2.94. The van der Waals surface area contributed by atoms with Crippen molar-refractivity contribution in [1.29, 1.82) is 0 Å². The van der Waals surface area contributed by atoms with Gasteiger partial charge >= 0.3 is 0 Å². The average Bonchev–Trinajstić information content (AvgIpc) is 3.46. The van der Waals surface area contributed by atoms with E-state index in [2.05, 4.69) is 24.1 Å². The molecule has 0 bridgehead atoms. The standard InChI is InChI=1S/C26H39N5O4/c1-18(33)30(4)14-19-9-10-22-23(11-19)29-24(28-22)13-26(2,3)16-27-25(34)12-21(15-31(35)17-32)20-7-5-6-8-20/h9-11,17,20-21,35H,5-8,12-16H2,1-4H3,(H,27,34)(H,28,29). The molecule has 0 radical (unpaired) electrons. The maximum Gasteiger partial charge on any atom is 0.233 e. The second-order valence-corrected chi connectivity index (χ2v) is 10.8. The summed E-state index contributed by atoms with van der Waals surface area (Å²) < 4.78 is 0. The monoisotopic (exact) mass is 485 g/mol. The largest absolute Gasteiger partial charge is 0.356 e. The van der Waals surface area contributed by atoms with Crippen LogP contribution in [0.1, 0.15) is 64.3 Å². The number of carbonyl (C=O) groups is 3. The van der Waals surface area contributed by atoms with Gasteiger partial charge in [-0.15, -0.1) is 0 Å². The molecule has 1 unspecified atom stereocenters. The highest BCUT2D eigenvalue weighted by Crippen LogP contribution is 2.33. The number of benzene rings is 1. The number of hydroxylamine groups is 2. The SMILES string of the molecule is CC(=O)N(C)Cc1ccc2nc(CC(C)(C)CNC(=O)CC(CN(O)C=O)C3CCCC3)[nH]c2c1. The lowest BCUT2D eigenvalue weighted by molar-refractivity contribution is -0.154. The van der Waals surface area contributed by atoms with Gasteiger partial charge in [-0.1, -0.05) is 45.6 Å². The van der Waals surface area contributed by atoms with Crippen LogP contribution < -0.4 is 5.32 Å². The van der Waals surface area contributed by atoms with Crippen LogP contribution in [0.3, 0.4) is 0 Å². The van der Waals surface area contributed by atoms with E-state index in [4.69, 9.17) is 4.98 Å². The van der Waals surface area contributed by atoms with Gasteiger partial charge in [-0.2, -0.15) is 0 Å². The zero-order chi connectivity index (χ0) is 25.6. The molecule has 0 spiro atoms. The average molecular weight is 486 g/mol. The Balaban J connectivity index is 1.56. The maximum atomic E-state index is 12.7. The van der Waals surface area contributed by atoms with Gasteiger partial charge in [0.1, 0.15) is 5.82 Å². The number of rotatable bonds is 12. The molecule has 1 aromatic carbocycles. The van der Waals surface area contributed by atoms with Crippen molar-refractivity contribution in [1.82, 2.24) is 25.2 Å². The highest BCUT2D eigenvalue weighted by molar-refractivity contribution is 5.77. The fraction of sp³-hybridized carbons (Fsp3) is 0.615. The van der Waals surface area contributed by atoms with Crippen LogP contribution in [-0.4, -0.2) is 63.5 Å². The van der Waals surface area contributed by atoms with E-state index in [1.165, 1.54) is 0 Å². The molecule has 0 saturated heterocycles. The molecule has 1 heterocycles. The molecule has 2 aromatic rings. The van der Waals surface area contributed by atoms with E-state index in [9.17, 15) is 19.6 Å². The molecule has 1 atom stereocenters. The molecule has 35 heavy (non-hydrogen) atoms. The number of nitrogens with one attached hydrogen (secondary N) is 2. The fourth-order valence-corrected chi connectivity index (χ4v) is 4.93. The van der Waals surface area contributed by atoms with Gasteiger partial charge in [0.2, 0.25) is 18.2 Å². The molecular weight excluding hydrogens is 446 g/mol. The Morgan fingerprint density at radius 1 is 1.31 bits per heavy atom. The molecule has 9 heteroatoms. The summed E-state index contributed by atoms with van der Waals surface area (Å²) in [5.41, 5.74) is 2.61. The van der Waals surface area contributed by atoms with Crippen molar-refractivity contribution in [3.05, 3.63) is 29.6 Å². The van der Waals surface area contributed by atoms with Crippen LogP contribution in [0.5, 0.6) is 0 Å². The van der Waals surface area contributed by atoms with Crippen molar-refractivity contribution in [2.45, 2.75) is 65.8 Å². The van der Waals surface area contributed by atoms with Crippen LogP contribution in [0.2, 0.25) is 0 Å². The molecule has 1 aliphatic rings. The molecule has 3 amide bonds. The van der Waals surface area contributed by atoms with Gasteiger partial charge in [-0.05, 0) is 34.9 Å². The predicted octanol–water partition coefficient (Wildman–Crippen LogP) is 3.27. The van der Waals surface area contributed by atoms with Gasteiger partial charge in [0.05, 0.1) is 17.6 Å². The Morgan fingerprint density at radius 2 is 2.03 bits per heavy atom. The first kappa shape index (κ1) is 26.7. The summed E-state index contributed by atoms with van der Waals surface area (Å²) in [5, 5.41) is 13.4. The maximum absolute atomic E-state index is 12.7. The fourth-order valence-electron chi connectivity index (χ4n) is 4.93. The quantitative estimate of drug-likeness (QED) is 0.242. The Bertz CT molecular complexity index is 1030. The van der Waals surface area contributed by atoms with E-state index in [0.717, 1.165) is 48.1 Å². The number of aromatic amines is 1. The minimum atomic E-state index is -0.226. The van der Waals surface area contributed by atoms with Crippen LogP contribution in [0.15, 0.2) is 18.2 Å². The minimum Gasteiger partial charge on any atom is -0.356 e. The first-order chi connectivity index (χ1) is 16.6. The van der Waals surface area contributed by atoms with E-state index in [-0.39, 0.29) is 29.7 Å². The Kier molecular flexibility index (Phi) is 8.88. The Labute approximate surface area is 207 Å². The number of aromatic nitrogens is 2. The summed E-state index contributed by atoms with van der Waals surface area (Å²) in [5.74, 6) is 1.13. The van der Waals surface area contributed by atoms with Crippen molar-refractivity contribution in [3.8, 4) is 0 Å². The van der Waals surface area contributed by atoms with E-state index >= 15 is 0 Å². The first-order valence-electron chi connectivity index (χ1n) is 12.4. The number of hydrogen-bond donors (Lipinski definition) is 3. The summed E-state index contributed by atoms with van der Waals surface area (Å²) in [6.07, 6.45) is 5.70. The lowest BCUT2D eigenvalue weighted by Crippen LogP contribution is -2.38. The van der Waals surface area contributed by atoms with Crippen molar-refractivity contribution >= 4 is 29.3 Å². The molecule has 0 aliphatic heterocycles. The van der Waals surface area contributed by atoms with Crippen LogP contribution in [0.25, 0.3) is 11.0 Å². The number of imidazole rings is 1. The number of H-pyrrole nitrogens is 1. The molecule has 3 rings (SSSR count). The molecule has 9 nitrogen and oxygen atoms in total. The zero-order valence-corrected chi connectivity index (χ0v) is 21.3. The minimum absolute atomic E-state index is 0.0196. The number of amides is 3. The first-order valence-corrected chi connectivity index (χ1v) is 12.4. The van der Waals surface area contributed by atoms with Gasteiger partial charge in [-0.3, -0.25) is 19.6 Å². The van der Waals surface area contributed by atoms with Gasteiger partial charge < -0.3 is 15.2 Å². The van der Waals surface area contributed by atoms with Crippen molar-refractivity contribution < 1.29 is 19.6 Å². The van der Waals surface area contributed by atoms with Crippen LogP contribution >= 0.6 is 0 Å². The predicted molar refractivity (Wildman–Crippen MR) is 133 cm³/mol. The molecule has 1 aliphatic carbocycles. The third kappa shape index (κ3) is 7.78. The van der Waals surface area contributed by atoms with E-state index in [1.54, 1.807) is 18.9 Å². The number of hydrogen-bond acceptors (Lipinski definition) is 5. The lowest BCUT2D eigenvalue weighted by Gasteiger charge is -2.27. The second-order valence-electron chi connectivity index (χ2n) is 10.8. The van der Waals surface area contributed by atoms with Crippen molar-refractivity contribution in [3.63, 3.8) is 0 Å². The normalized spacial score (nSPS) is 15.2. The molecular formula is C26H39N5O4. The molecule has 1 aromatic heterocycles. The number of carbonyl (C=O) groups excluding carboxylic acids is 3. The van der Waals surface area contributed by atoms with Gasteiger partial charge in [-0.25, -0.2) is 10.0 Å². The van der Waals surface area contributed by atoms with Crippen molar-refractivity contribution in [2.75, 3.05) is 20.1 Å².